The number of hydrogen-bond acceptors (Lipinski definition) is 9. The van der Waals surface area contributed by atoms with Gasteiger partial charge in [-0.2, -0.15) is 0 Å². The maximum absolute atomic E-state index is 13.7. The zero-order chi connectivity index (χ0) is 28.3. The monoisotopic (exact) mass is 553 g/mol. The molecular weight excluding hydrogens is 530 g/mol. The first-order valence-corrected chi connectivity index (χ1v) is 12.7. The standard InChI is InChI=1S/C26H23N3O9S/c1-29-23(27-18-6-4-5-7-21(18)39(29,34)35)22(38-17-11-8-15(9-12-17)25(31)32)24(30)28-19-14-16(26(33)37-3)10-13-20(19)36-2/h4-14,22H,1-3H3,(H,28,30)(H,31,32). The summed E-state index contributed by atoms with van der Waals surface area (Å²) in [4.78, 5) is 41.3. The first-order chi connectivity index (χ1) is 18.6. The Balaban J connectivity index is 1.79. The smallest absolute Gasteiger partial charge is 0.337 e. The van der Waals surface area contributed by atoms with Crippen molar-refractivity contribution < 1.29 is 42.1 Å². The van der Waals surface area contributed by atoms with Crippen molar-refractivity contribution in [2.75, 3.05) is 26.6 Å². The lowest BCUT2D eigenvalue weighted by atomic mass is 10.1. The number of ether oxygens (including phenoxy) is 3. The molecule has 202 valence electrons. The molecule has 0 radical (unpaired) electrons. The number of aliphatic imine (C=N–C) groups is 1. The Kier molecular flexibility index (Phi) is 7.54. The Hall–Kier alpha value is -4.91. The summed E-state index contributed by atoms with van der Waals surface area (Å²) in [6, 6.07) is 15.5. The highest BCUT2D eigenvalue weighted by atomic mass is 32.2. The summed E-state index contributed by atoms with van der Waals surface area (Å²) in [5, 5.41) is 11.8. The van der Waals surface area contributed by atoms with Crippen LogP contribution in [-0.4, -0.2) is 68.9 Å². The summed E-state index contributed by atoms with van der Waals surface area (Å²) in [5.74, 6) is -2.64. The summed E-state index contributed by atoms with van der Waals surface area (Å²) in [7, 11) is -0.279. The van der Waals surface area contributed by atoms with E-state index in [-0.39, 0.29) is 44.7 Å². The molecule has 0 bridgehead atoms. The highest BCUT2D eigenvalue weighted by molar-refractivity contribution is 7.90. The molecule has 1 unspecified atom stereocenters. The number of carboxylic acids is 1. The van der Waals surface area contributed by atoms with Crippen molar-refractivity contribution in [1.29, 1.82) is 0 Å². The number of likely N-dealkylation sites (N-methyl/N-ethyl adjacent to an activating group) is 1. The van der Waals surface area contributed by atoms with Crippen LogP contribution in [0, 0.1) is 0 Å². The highest BCUT2D eigenvalue weighted by Gasteiger charge is 2.39. The summed E-state index contributed by atoms with van der Waals surface area (Å²) in [6.45, 7) is 0. The zero-order valence-electron chi connectivity index (χ0n) is 20.9. The van der Waals surface area contributed by atoms with Crippen LogP contribution < -0.4 is 14.8 Å². The molecule has 39 heavy (non-hydrogen) atoms. The average Bonchev–Trinajstić information content (AvgIpc) is 2.93. The molecule has 3 aromatic rings. The van der Waals surface area contributed by atoms with Crippen molar-refractivity contribution >= 4 is 45.1 Å². The first kappa shape index (κ1) is 27.1. The number of nitrogens with one attached hydrogen (secondary N) is 1. The largest absolute Gasteiger partial charge is 0.495 e. The molecule has 12 nitrogen and oxygen atoms in total. The van der Waals surface area contributed by atoms with Crippen molar-refractivity contribution in [3.63, 3.8) is 0 Å². The van der Waals surface area contributed by atoms with Gasteiger partial charge in [-0.15, -0.1) is 0 Å². The van der Waals surface area contributed by atoms with Gasteiger partial charge < -0.3 is 24.6 Å². The number of carbonyl (C=O) groups excluding carboxylic acids is 2. The molecule has 13 heteroatoms. The number of benzene rings is 3. The summed E-state index contributed by atoms with van der Waals surface area (Å²) < 4.78 is 43.3. The predicted molar refractivity (Wildman–Crippen MR) is 139 cm³/mol. The minimum Gasteiger partial charge on any atom is -0.495 e. The Morgan fingerprint density at radius 2 is 1.64 bits per heavy atom. The van der Waals surface area contributed by atoms with E-state index in [0.29, 0.717) is 0 Å². The second-order valence-electron chi connectivity index (χ2n) is 8.13. The maximum Gasteiger partial charge on any atom is 0.337 e. The number of para-hydroxylation sites is 1. The molecule has 1 atom stereocenters. The quantitative estimate of drug-likeness (QED) is 0.400. The first-order valence-electron chi connectivity index (χ1n) is 11.3. The molecule has 3 aromatic carbocycles. The lowest BCUT2D eigenvalue weighted by Gasteiger charge is -2.30. The number of anilines is 1. The van der Waals surface area contributed by atoms with Crippen molar-refractivity contribution in [3.8, 4) is 11.5 Å². The Morgan fingerprint density at radius 1 is 0.974 bits per heavy atom. The number of amidine groups is 1. The van der Waals surface area contributed by atoms with Crippen LogP contribution in [0.25, 0.3) is 0 Å². The number of nitrogens with zero attached hydrogens (tertiary/aromatic N) is 2. The van der Waals surface area contributed by atoms with E-state index in [9.17, 15) is 27.9 Å². The number of hydrogen-bond donors (Lipinski definition) is 2. The van der Waals surface area contributed by atoms with Gasteiger partial charge in [0, 0.05) is 7.05 Å². The SMILES string of the molecule is COC(=O)c1ccc(OC)c(NC(=O)C(Oc2ccc(C(=O)O)cc2)C2=Nc3ccccc3S(=O)(=O)N2C)c1. The number of fused-ring (bicyclic) bond motifs is 1. The number of sulfonamides is 1. The lowest BCUT2D eigenvalue weighted by Crippen LogP contribution is -2.50. The molecule has 1 heterocycles. The molecule has 1 amide bonds. The second-order valence-corrected chi connectivity index (χ2v) is 10.1. The molecule has 0 aliphatic carbocycles. The van der Waals surface area contributed by atoms with Crippen LogP contribution in [-0.2, 0) is 19.6 Å². The Morgan fingerprint density at radius 3 is 2.28 bits per heavy atom. The van der Waals surface area contributed by atoms with Crippen molar-refractivity contribution in [2.45, 2.75) is 11.0 Å². The van der Waals surface area contributed by atoms with Crippen LogP contribution in [0.3, 0.4) is 0 Å². The van der Waals surface area contributed by atoms with E-state index < -0.39 is 34.0 Å². The predicted octanol–water partition coefficient (Wildman–Crippen LogP) is 2.93. The molecule has 4 rings (SSSR count). The third kappa shape index (κ3) is 5.38. The number of rotatable bonds is 8. The Bertz CT molecular complexity index is 1580. The van der Waals surface area contributed by atoms with Gasteiger partial charge in [0.1, 0.15) is 16.4 Å². The van der Waals surface area contributed by atoms with Gasteiger partial charge in [-0.25, -0.2) is 23.0 Å². The molecule has 0 aromatic heterocycles. The molecule has 1 aliphatic rings. The maximum atomic E-state index is 13.7. The fourth-order valence-corrected chi connectivity index (χ4v) is 5.05. The summed E-state index contributed by atoms with van der Waals surface area (Å²) in [6.07, 6.45) is -1.64. The van der Waals surface area contributed by atoms with Crippen molar-refractivity contribution in [3.05, 3.63) is 77.9 Å². The van der Waals surface area contributed by atoms with E-state index in [2.05, 4.69) is 10.3 Å². The van der Waals surface area contributed by atoms with E-state index in [1.54, 1.807) is 12.1 Å². The van der Waals surface area contributed by atoms with Gasteiger partial charge in [0.2, 0.25) is 6.10 Å². The van der Waals surface area contributed by atoms with Crippen LogP contribution in [0.5, 0.6) is 11.5 Å². The van der Waals surface area contributed by atoms with E-state index >= 15 is 0 Å². The van der Waals surface area contributed by atoms with Crippen LogP contribution in [0.2, 0.25) is 0 Å². The molecule has 0 saturated heterocycles. The average molecular weight is 554 g/mol. The summed E-state index contributed by atoms with van der Waals surface area (Å²) >= 11 is 0. The Labute approximate surface area is 223 Å². The van der Waals surface area contributed by atoms with E-state index in [1.807, 2.05) is 0 Å². The van der Waals surface area contributed by atoms with Crippen LogP contribution >= 0.6 is 0 Å². The third-order valence-corrected chi connectivity index (χ3v) is 7.58. The zero-order valence-corrected chi connectivity index (χ0v) is 21.8. The normalized spacial score (nSPS) is 14.3. The van der Waals surface area contributed by atoms with E-state index in [0.717, 1.165) is 4.31 Å². The molecule has 0 spiro atoms. The van der Waals surface area contributed by atoms with E-state index in [1.165, 1.54) is 75.9 Å². The van der Waals surface area contributed by atoms with Gasteiger partial charge in [0.15, 0.2) is 5.84 Å². The van der Waals surface area contributed by atoms with Crippen LogP contribution in [0.15, 0.2) is 76.6 Å². The van der Waals surface area contributed by atoms with Crippen LogP contribution in [0.1, 0.15) is 20.7 Å². The number of aromatic carboxylic acids is 1. The molecular formula is C26H23N3O9S. The third-order valence-electron chi connectivity index (χ3n) is 5.77. The van der Waals surface area contributed by atoms with E-state index in [4.69, 9.17) is 14.2 Å². The number of carboxylic acid groups (broad SMARTS) is 1. The number of esters is 1. The fraction of sp³-hybridized carbons (Fsp3) is 0.154. The summed E-state index contributed by atoms with van der Waals surface area (Å²) in [5.41, 5.74) is 0.302. The van der Waals surface area contributed by atoms with Crippen molar-refractivity contribution in [1.82, 2.24) is 4.31 Å². The molecule has 0 fully saturated rings. The van der Waals surface area contributed by atoms with Gasteiger partial charge in [0.25, 0.3) is 15.9 Å². The van der Waals surface area contributed by atoms with Gasteiger partial charge in [0.05, 0.1) is 36.7 Å². The molecule has 1 aliphatic heterocycles. The lowest BCUT2D eigenvalue weighted by molar-refractivity contribution is -0.120. The second kappa shape index (κ2) is 10.8. The topological polar surface area (TPSA) is 161 Å². The van der Waals surface area contributed by atoms with Gasteiger partial charge >= 0.3 is 11.9 Å². The minimum absolute atomic E-state index is 0.0173. The number of methoxy groups -OCH3 is 2. The number of carbonyl (C=O) groups is 3. The minimum atomic E-state index is -4.09. The van der Waals surface area contributed by atoms with Gasteiger partial charge in [-0.05, 0) is 54.6 Å². The van der Waals surface area contributed by atoms with Crippen LogP contribution in [0.4, 0.5) is 11.4 Å². The van der Waals surface area contributed by atoms with Gasteiger partial charge in [-0.3, -0.25) is 9.10 Å². The number of amides is 1. The van der Waals surface area contributed by atoms with Crippen molar-refractivity contribution in [2.24, 2.45) is 4.99 Å². The fourth-order valence-electron chi connectivity index (χ4n) is 3.74. The highest BCUT2D eigenvalue weighted by Crippen LogP contribution is 2.33. The molecule has 2 N–H and O–H groups in total. The van der Waals surface area contributed by atoms with Gasteiger partial charge in [-0.1, -0.05) is 12.1 Å². The molecule has 0 saturated carbocycles.